The Kier molecular flexibility index (Phi) is 11.8. The first-order valence-corrected chi connectivity index (χ1v) is 10.5. The quantitative estimate of drug-likeness (QED) is 0.178. The zero-order chi connectivity index (χ0) is 20.4. The molecule has 0 saturated carbocycles. The number of benzene rings is 2. The topological polar surface area (TPSA) is 56.7 Å². The zero-order valence-electron chi connectivity index (χ0n) is 17.6. The molecular weight excluding hydrogens is 495 g/mol. The minimum atomic E-state index is 0. The van der Waals surface area contributed by atoms with E-state index in [1.807, 2.05) is 36.0 Å². The Bertz CT molecular complexity index is 776. The number of nitrogens with one attached hydrogen (secondary N) is 2. The molecule has 2 aromatic carbocycles. The van der Waals surface area contributed by atoms with Crippen LogP contribution in [0.15, 0.2) is 58.4 Å². The van der Waals surface area contributed by atoms with Crippen LogP contribution in [-0.2, 0) is 6.54 Å². The van der Waals surface area contributed by atoms with Gasteiger partial charge in [-0.15, -0.1) is 35.7 Å². The largest absolute Gasteiger partial charge is 0.357 e. The maximum absolute atomic E-state index is 11.9. The first-order valence-electron chi connectivity index (χ1n) is 9.52. The molecule has 0 aliphatic carbocycles. The summed E-state index contributed by atoms with van der Waals surface area (Å²) in [6.07, 6.45) is 0. The van der Waals surface area contributed by atoms with Crippen molar-refractivity contribution in [3.63, 3.8) is 0 Å². The molecule has 0 bridgehead atoms. The minimum absolute atomic E-state index is 0. The van der Waals surface area contributed by atoms with Crippen LogP contribution in [0.3, 0.4) is 0 Å². The molecule has 1 amide bonds. The molecule has 2 aromatic rings. The van der Waals surface area contributed by atoms with Gasteiger partial charge < -0.3 is 15.5 Å². The Morgan fingerprint density at radius 3 is 2.28 bits per heavy atom. The van der Waals surface area contributed by atoms with Gasteiger partial charge in [-0.2, -0.15) is 0 Å². The Morgan fingerprint density at radius 2 is 1.69 bits per heavy atom. The maximum atomic E-state index is 11.9. The van der Waals surface area contributed by atoms with E-state index in [0.29, 0.717) is 12.1 Å². The first kappa shape index (κ1) is 25.3. The van der Waals surface area contributed by atoms with E-state index < -0.39 is 0 Å². The molecule has 0 fully saturated rings. The van der Waals surface area contributed by atoms with Crippen molar-refractivity contribution in [1.29, 1.82) is 0 Å². The Labute approximate surface area is 195 Å². The maximum Gasteiger partial charge on any atom is 0.253 e. The first-order chi connectivity index (χ1) is 13.5. The van der Waals surface area contributed by atoms with Gasteiger partial charge in [0.05, 0.1) is 6.54 Å². The van der Waals surface area contributed by atoms with Gasteiger partial charge in [0.15, 0.2) is 5.96 Å². The molecule has 29 heavy (non-hydrogen) atoms. The highest BCUT2D eigenvalue weighted by Crippen LogP contribution is 2.17. The average Bonchev–Trinajstić information content (AvgIpc) is 2.70. The molecule has 158 valence electrons. The van der Waals surface area contributed by atoms with Gasteiger partial charge in [0.1, 0.15) is 0 Å². The normalized spacial score (nSPS) is 10.8. The van der Waals surface area contributed by atoms with Crippen molar-refractivity contribution in [2.75, 3.05) is 32.9 Å². The van der Waals surface area contributed by atoms with Crippen LogP contribution in [0, 0.1) is 6.92 Å². The smallest absolute Gasteiger partial charge is 0.253 e. The van der Waals surface area contributed by atoms with Gasteiger partial charge in [-0.25, -0.2) is 4.99 Å². The highest BCUT2D eigenvalue weighted by molar-refractivity contribution is 14.0. The predicted molar refractivity (Wildman–Crippen MR) is 135 cm³/mol. The second-order valence-electron chi connectivity index (χ2n) is 6.68. The number of guanidine groups is 1. The van der Waals surface area contributed by atoms with E-state index in [1.54, 1.807) is 19.0 Å². The van der Waals surface area contributed by atoms with Gasteiger partial charge in [-0.1, -0.05) is 29.8 Å². The van der Waals surface area contributed by atoms with Gasteiger partial charge >= 0.3 is 0 Å². The van der Waals surface area contributed by atoms with Gasteiger partial charge in [0.25, 0.3) is 5.91 Å². The van der Waals surface area contributed by atoms with E-state index in [1.165, 1.54) is 10.5 Å². The Hall–Kier alpha value is -1.74. The van der Waals surface area contributed by atoms with Crippen molar-refractivity contribution in [2.24, 2.45) is 4.99 Å². The molecule has 0 aliphatic heterocycles. The molecule has 0 aliphatic rings. The number of thioether (sulfide) groups is 1. The molecule has 0 radical (unpaired) electrons. The van der Waals surface area contributed by atoms with Gasteiger partial charge in [-0.3, -0.25) is 4.79 Å². The lowest BCUT2D eigenvalue weighted by atomic mass is 10.1. The van der Waals surface area contributed by atoms with E-state index in [9.17, 15) is 4.79 Å². The molecule has 0 heterocycles. The van der Waals surface area contributed by atoms with E-state index >= 15 is 0 Å². The van der Waals surface area contributed by atoms with Crippen LogP contribution < -0.4 is 10.6 Å². The molecule has 2 N–H and O–H groups in total. The molecule has 0 saturated heterocycles. The van der Waals surface area contributed by atoms with E-state index in [0.717, 1.165) is 30.4 Å². The Morgan fingerprint density at radius 1 is 1.03 bits per heavy atom. The van der Waals surface area contributed by atoms with Crippen molar-refractivity contribution < 1.29 is 4.79 Å². The van der Waals surface area contributed by atoms with Crippen molar-refractivity contribution >= 4 is 47.6 Å². The molecular formula is C22H31IN4OS. The predicted octanol–water partition coefficient (Wildman–Crippen LogP) is 4.16. The molecule has 0 atom stereocenters. The van der Waals surface area contributed by atoms with Gasteiger partial charge in [0.2, 0.25) is 0 Å². The van der Waals surface area contributed by atoms with E-state index in [4.69, 9.17) is 0 Å². The van der Waals surface area contributed by atoms with E-state index in [-0.39, 0.29) is 29.9 Å². The monoisotopic (exact) mass is 526 g/mol. The highest BCUT2D eigenvalue weighted by Gasteiger charge is 2.07. The number of carbonyl (C=O) groups excluding carboxylic acids is 1. The van der Waals surface area contributed by atoms with Crippen LogP contribution >= 0.6 is 35.7 Å². The summed E-state index contributed by atoms with van der Waals surface area (Å²) in [4.78, 5) is 19.4. The van der Waals surface area contributed by atoms with Crippen LogP contribution in [0.2, 0.25) is 0 Å². The molecule has 0 unspecified atom stereocenters. The lowest BCUT2D eigenvalue weighted by Crippen LogP contribution is -2.38. The summed E-state index contributed by atoms with van der Waals surface area (Å²) < 4.78 is 0. The lowest BCUT2D eigenvalue weighted by Gasteiger charge is -2.12. The summed E-state index contributed by atoms with van der Waals surface area (Å²) >= 11 is 1.83. The summed E-state index contributed by atoms with van der Waals surface area (Å²) in [6.45, 7) is 6.37. The number of hydrogen-bond donors (Lipinski definition) is 2. The van der Waals surface area contributed by atoms with Crippen LogP contribution in [0.5, 0.6) is 0 Å². The van der Waals surface area contributed by atoms with Crippen LogP contribution in [0.4, 0.5) is 0 Å². The zero-order valence-corrected chi connectivity index (χ0v) is 20.7. The average molecular weight is 526 g/mol. The van der Waals surface area contributed by atoms with Crippen LogP contribution in [0.1, 0.15) is 28.4 Å². The SMILES string of the molecule is CCNC(=NCc1ccc(C(=O)N(C)C)cc1)NCCSc1ccc(C)cc1.I. The molecule has 2 rings (SSSR count). The molecule has 0 spiro atoms. The molecule has 0 aromatic heterocycles. The van der Waals surface area contributed by atoms with Crippen LogP contribution in [0.25, 0.3) is 0 Å². The standard InChI is InChI=1S/C22H30N4OS.HI/c1-5-23-22(24-14-15-28-20-12-6-17(2)7-13-20)25-16-18-8-10-19(11-9-18)21(27)26(3)4;/h6-13H,5,14-16H2,1-4H3,(H2,23,24,25);1H. The highest BCUT2D eigenvalue weighted by atomic mass is 127. The second-order valence-corrected chi connectivity index (χ2v) is 7.85. The fraction of sp³-hybridized carbons (Fsp3) is 0.364. The third-order valence-electron chi connectivity index (χ3n) is 4.06. The van der Waals surface area contributed by atoms with E-state index in [2.05, 4.69) is 53.7 Å². The fourth-order valence-electron chi connectivity index (χ4n) is 2.50. The summed E-state index contributed by atoms with van der Waals surface area (Å²) in [5.74, 6) is 1.78. The van der Waals surface area contributed by atoms with Crippen molar-refractivity contribution in [1.82, 2.24) is 15.5 Å². The third kappa shape index (κ3) is 9.08. The van der Waals surface area contributed by atoms with Gasteiger partial charge in [-0.05, 0) is 43.7 Å². The number of amides is 1. The summed E-state index contributed by atoms with van der Waals surface area (Å²) in [5, 5.41) is 6.65. The number of nitrogens with zero attached hydrogens (tertiary/aromatic N) is 2. The molecule has 7 heteroatoms. The number of aliphatic imine (C=N–C) groups is 1. The summed E-state index contributed by atoms with van der Waals surface area (Å²) in [5.41, 5.74) is 3.04. The number of aryl methyl sites for hydroxylation is 1. The second kappa shape index (κ2) is 13.5. The van der Waals surface area contributed by atoms with Crippen molar-refractivity contribution in [3.8, 4) is 0 Å². The van der Waals surface area contributed by atoms with Crippen LogP contribution in [-0.4, -0.2) is 49.7 Å². The molecule has 5 nitrogen and oxygen atoms in total. The number of carbonyl (C=O) groups is 1. The Balaban J connectivity index is 0.00000420. The third-order valence-corrected chi connectivity index (χ3v) is 5.07. The fourth-order valence-corrected chi connectivity index (χ4v) is 3.26. The van der Waals surface area contributed by atoms with Crippen molar-refractivity contribution in [3.05, 3.63) is 65.2 Å². The lowest BCUT2D eigenvalue weighted by molar-refractivity contribution is 0.0827. The van der Waals surface area contributed by atoms with Gasteiger partial charge in [0, 0.05) is 43.4 Å². The number of halogens is 1. The summed E-state index contributed by atoms with van der Waals surface area (Å²) in [7, 11) is 3.51. The number of hydrogen-bond acceptors (Lipinski definition) is 3. The summed E-state index contributed by atoms with van der Waals surface area (Å²) in [6, 6.07) is 16.2. The minimum Gasteiger partial charge on any atom is -0.357 e. The number of rotatable bonds is 8. The van der Waals surface area contributed by atoms with Crippen molar-refractivity contribution in [2.45, 2.75) is 25.3 Å².